The van der Waals surface area contributed by atoms with Crippen molar-refractivity contribution in [2.45, 2.75) is 27.2 Å². The average molecular weight is 355 g/mol. The normalized spacial score (nSPS) is 11.1. The van der Waals surface area contributed by atoms with Crippen molar-refractivity contribution >= 4 is 28.1 Å². The lowest BCUT2D eigenvalue weighted by Gasteiger charge is -2.11. The smallest absolute Gasteiger partial charge is 0.144 e. The standard InChI is InChI=1S/C15H16BrFN2S/c1-8(2)4-12-13(16)15(20)19-14(18-12)10-5-9(3)6-11(17)7-10/h5-8H,4H2,1-3H3,(H,18,19,20). The van der Waals surface area contributed by atoms with Crippen LogP contribution in [0.4, 0.5) is 4.39 Å². The van der Waals surface area contributed by atoms with Crippen molar-refractivity contribution in [1.29, 1.82) is 0 Å². The van der Waals surface area contributed by atoms with E-state index in [0.29, 0.717) is 21.9 Å². The molecule has 0 aliphatic heterocycles. The molecule has 2 rings (SSSR count). The average Bonchev–Trinajstić information content (AvgIpc) is 2.32. The molecule has 0 atom stereocenters. The maximum Gasteiger partial charge on any atom is 0.144 e. The number of nitrogens with one attached hydrogen (secondary N) is 1. The second-order valence-corrected chi connectivity index (χ2v) is 6.48. The van der Waals surface area contributed by atoms with Crippen LogP contribution in [0.1, 0.15) is 25.1 Å². The fourth-order valence-corrected chi connectivity index (χ4v) is 2.63. The van der Waals surface area contributed by atoms with Crippen molar-refractivity contribution in [3.05, 3.63) is 44.4 Å². The minimum Gasteiger partial charge on any atom is -0.342 e. The van der Waals surface area contributed by atoms with Gasteiger partial charge in [-0.15, -0.1) is 0 Å². The van der Waals surface area contributed by atoms with Gasteiger partial charge in [-0.05, 0) is 59.0 Å². The zero-order chi connectivity index (χ0) is 14.9. The zero-order valence-electron chi connectivity index (χ0n) is 11.6. The van der Waals surface area contributed by atoms with Gasteiger partial charge in [0.05, 0.1) is 4.47 Å². The van der Waals surface area contributed by atoms with E-state index in [0.717, 1.165) is 22.2 Å². The van der Waals surface area contributed by atoms with Gasteiger partial charge in [-0.3, -0.25) is 0 Å². The Morgan fingerprint density at radius 3 is 2.65 bits per heavy atom. The molecule has 0 spiro atoms. The molecule has 0 saturated heterocycles. The van der Waals surface area contributed by atoms with Crippen molar-refractivity contribution in [2.24, 2.45) is 5.92 Å². The van der Waals surface area contributed by atoms with Crippen LogP contribution in [0.25, 0.3) is 11.4 Å². The summed E-state index contributed by atoms with van der Waals surface area (Å²) in [5.41, 5.74) is 2.57. The molecule has 0 bridgehead atoms. The number of rotatable bonds is 3. The number of hydrogen-bond donors (Lipinski definition) is 1. The van der Waals surface area contributed by atoms with E-state index in [1.807, 2.05) is 13.0 Å². The molecule has 0 fully saturated rings. The molecule has 2 nitrogen and oxygen atoms in total. The molecule has 0 aliphatic carbocycles. The highest BCUT2D eigenvalue weighted by molar-refractivity contribution is 9.10. The lowest BCUT2D eigenvalue weighted by molar-refractivity contribution is 0.625. The second-order valence-electron chi connectivity index (χ2n) is 5.30. The van der Waals surface area contributed by atoms with Crippen LogP contribution >= 0.6 is 28.1 Å². The van der Waals surface area contributed by atoms with Crippen LogP contribution in [0, 0.1) is 23.3 Å². The van der Waals surface area contributed by atoms with E-state index in [9.17, 15) is 4.39 Å². The summed E-state index contributed by atoms with van der Waals surface area (Å²) in [7, 11) is 0. The molecule has 5 heteroatoms. The molecule has 1 aromatic heterocycles. The van der Waals surface area contributed by atoms with Crippen LogP contribution in [-0.4, -0.2) is 9.97 Å². The Morgan fingerprint density at radius 2 is 2.05 bits per heavy atom. The zero-order valence-corrected chi connectivity index (χ0v) is 14.0. The van der Waals surface area contributed by atoms with E-state index in [2.05, 4.69) is 39.7 Å². The number of H-pyrrole nitrogens is 1. The number of halogens is 2. The highest BCUT2D eigenvalue weighted by Gasteiger charge is 2.10. The Kier molecular flexibility index (Phi) is 4.70. The third-order valence-electron chi connectivity index (χ3n) is 2.86. The molecule has 106 valence electrons. The number of benzene rings is 1. The van der Waals surface area contributed by atoms with Crippen molar-refractivity contribution in [1.82, 2.24) is 9.97 Å². The lowest BCUT2D eigenvalue weighted by atomic mass is 10.1. The van der Waals surface area contributed by atoms with Crippen LogP contribution in [0.3, 0.4) is 0 Å². The maximum absolute atomic E-state index is 13.5. The van der Waals surface area contributed by atoms with E-state index in [-0.39, 0.29) is 5.82 Å². The van der Waals surface area contributed by atoms with Crippen LogP contribution in [0.2, 0.25) is 0 Å². The molecule has 20 heavy (non-hydrogen) atoms. The molecule has 0 radical (unpaired) electrons. The van der Waals surface area contributed by atoms with Gasteiger partial charge in [-0.2, -0.15) is 0 Å². The predicted octanol–water partition coefficient (Wildman–Crippen LogP) is 5.21. The van der Waals surface area contributed by atoms with Gasteiger partial charge in [0.25, 0.3) is 0 Å². The summed E-state index contributed by atoms with van der Waals surface area (Å²) < 4.78 is 14.8. The van der Waals surface area contributed by atoms with Gasteiger partial charge < -0.3 is 4.98 Å². The van der Waals surface area contributed by atoms with Crippen molar-refractivity contribution < 1.29 is 4.39 Å². The Balaban J connectivity index is 2.57. The first kappa shape index (κ1) is 15.3. The minimum atomic E-state index is -0.269. The molecule has 0 amide bonds. The van der Waals surface area contributed by atoms with Gasteiger partial charge in [-0.1, -0.05) is 26.1 Å². The van der Waals surface area contributed by atoms with Gasteiger partial charge in [0.2, 0.25) is 0 Å². The maximum atomic E-state index is 13.5. The monoisotopic (exact) mass is 354 g/mol. The molecular formula is C15H16BrFN2S. The number of aromatic amines is 1. The molecule has 0 unspecified atom stereocenters. The molecule has 0 aliphatic rings. The van der Waals surface area contributed by atoms with E-state index >= 15 is 0 Å². The number of hydrogen-bond acceptors (Lipinski definition) is 2. The van der Waals surface area contributed by atoms with Gasteiger partial charge in [-0.25, -0.2) is 9.37 Å². The summed E-state index contributed by atoms with van der Waals surface area (Å²) in [6, 6.07) is 4.85. The topological polar surface area (TPSA) is 28.7 Å². The summed E-state index contributed by atoms with van der Waals surface area (Å²) in [4.78, 5) is 7.60. The largest absolute Gasteiger partial charge is 0.342 e. The highest BCUT2D eigenvalue weighted by Crippen LogP contribution is 2.24. The molecule has 1 heterocycles. The first-order valence-corrected chi connectivity index (χ1v) is 7.63. The minimum absolute atomic E-state index is 0.269. The summed E-state index contributed by atoms with van der Waals surface area (Å²) in [6.07, 6.45) is 0.855. The molecule has 1 N–H and O–H groups in total. The Bertz CT molecular complexity index is 675. The summed E-state index contributed by atoms with van der Waals surface area (Å²) in [5.74, 6) is 0.826. The lowest BCUT2D eigenvalue weighted by Crippen LogP contribution is -2.03. The van der Waals surface area contributed by atoms with Gasteiger partial charge in [0.1, 0.15) is 16.3 Å². The SMILES string of the molecule is Cc1cc(F)cc(-c2nc(=S)c(Br)c(CC(C)C)[nH]2)c1. The predicted molar refractivity (Wildman–Crippen MR) is 85.8 cm³/mol. The van der Waals surface area contributed by atoms with Crippen molar-refractivity contribution in [2.75, 3.05) is 0 Å². The number of aromatic nitrogens is 2. The van der Waals surface area contributed by atoms with Gasteiger partial charge in [0.15, 0.2) is 0 Å². The second kappa shape index (κ2) is 6.14. The van der Waals surface area contributed by atoms with E-state index in [1.165, 1.54) is 12.1 Å². The molecule has 0 saturated carbocycles. The number of aryl methyl sites for hydroxylation is 1. The molecule has 1 aromatic carbocycles. The van der Waals surface area contributed by atoms with Crippen LogP contribution in [-0.2, 0) is 6.42 Å². The van der Waals surface area contributed by atoms with E-state index in [4.69, 9.17) is 12.2 Å². The van der Waals surface area contributed by atoms with Gasteiger partial charge in [0, 0.05) is 11.3 Å². The quantitative estimate of drug-likeness (QED) is 0.765. The third-order valence-corrected chi connectivity index (χ3v) is 4.28. The Hall–Kier alpha value is -1.07. The molecular weight excluding hydrogens is 339 g/mol. The highest BCUT2D eigenvalue weighted by atomic mass is 79.9. The van der Waals surface area contributed by atoms with E-state index < -0.39 is 0 Å². The summed E-state index contributed by atoms with van der Waals surface area (Å²) >= 11 is 8.75. The fraction of sp³-hybridized carbons (Fsp3) is 0.333. The molecule has 2 aromatic rings. The van der Waals surface area contributed by atoms with Crippen LogP contribution < -0.4 is 0 Å². The van der Waals surface area contributed by atoms with Crippen molar-refractivity contribution in [3.8, 4) is 11.4 Å². The fourth-order valence-electron chi connectivity index (χ4n) is 2.06. The summed E-state index contributed by atoms with van der Waals surface area (Å²) in [6.45, 7) is 6.13. The van der Waals surface area contributed by atoms with E-state index in [1.54, 1.807) is 0 Å². The van der Waals surface area contributed by atoms with Crippen LogP contribution in [0.5, 0.6) is 0 Å². The first-order valence-electron chi connectivity index (χ1n) is 6.43. The summed E-state index contributed by atoms with van der Waals surface area (Å²) in [5, 5.41) is 0. The van der Waals surface area contributed by atoms with Crippen molar-refractivity contribution in [3.63, 3.8) is 0 Å². The number of nitrogens with zero attached hydrogens (tertiary/aromatic N) is 1. The first-order chi connectivity index (χ1) is 9.36. The third kappa shape index (κ3) is 3.52. The van der Waals surface area contributed by atoms with Gasteiger partial charge >= 0.3 is 0 Å². The Morgan fingerprint density at radius 1 is 1.35 bits per heavy atom. The van der Waals surface area contributed by atoms with Crippen LogP contribution in [0.15, 0.2) is 22.7 Å². The Labute approximate surface area is 131 Å².